The fraction of sp³-hybridized carbons (Fsp3) is 0.133. The van der Waals surface area contributed by atoms with Gasteiger partial charge in [0.15, 0.2) is 6.29 Å². The number of anilines is 2. The Morgan fingerprint density at radius 2 is 2.00 bits per heavy atom. The van der Waals surface area contributed by atoms with E-state index in [0.29, 0.717) is 24.2 Å². The molecule has 0 saturated heterocycles. The third kappa shape index (κ3) is 2.89. The summed E-state index contributed by atoms with van der Waals surface area (Å²) in [5.74, 6) is -0.398. The molecule has 5 nitrogen and oxygen atoms in total. The number of aldehydes is 1. The van der Waals surface area contributed by atoms with Crippen molar-refractivity contribution in [1.29, 1.82) is 0 Å². The van der Waals surface area contributed by atoms with E-state index in [0.717, 1.165) is 0 Å². The summed E-state index contributed by atoms with van der Waals surface area (Å²) in [7, 11) is 0. The van der Waals surface area contributed by atoms with Gasteiger partial charge in [-0.3, -0.25) is 14.9 Å². The first-order valence-electron chi connectivity index (χ1n) is 6.34. The lowest BCUT2D eigenvalue weighted by Crippen LogP contribution is -2.17. The van der Waals surface area contributed by atoms with E-state index >= 15 is 0 Å². The molecule has 0 aliphatic carbocycles. The van der Waals surface area contributed by atoms with Crippen LogP contribution in [-0.4, -0.2) is 17.8 Å². The number of hydrogen-bond acceptors (Lipinski definition) is 4. The molecule has 2 aromatic rings. The minimum absolute atomic E-state index is 0.0349. The lowest BCUT2D eigenvalue weighted by molar-refractivity contribution is -0.385. The predicted octanol–water partition coefficient (Wildman–Crippen LogP) is 3.70. The molecule has 0 atom stereocenters. The van der Waals surface area contributed by atoms with Crippen LogP contribution in [0.1, 0.15) is 17.3 Å². The number of nitro groups is 1. The predicted molar refractivity (Wildman–Crippen MR) is 77.6 cm³/mol. The fourth-order valence-electron chi connectivity index (χ4n) is 2.13. The summed E-state index contributed by atoms with van der Waals surface area (Å²) >= 11 is 0. The number of rotatable bonds is 5. The smallest absolute Gasteiger partial charge is 0.280 e. The minimum atomic E-state index is -0.618. The molecule has 2 rings (SSSR count). The average molecular weight is 288 g/mol. The molecular formula is C15H13FN2O3. The summed E-state index contributed by atoms with van der Waals surface area (Å²) in [4.78, 5) is 22.9. The zero-order valence-corrected chi connectivity index (χ0v) is 11.3. The van der Waals surface area contributed by atoms with Crippen LogP contribution < -0.4 is 4.90 Å². The van der Waals surface area contributed by atoms with Gasteiger partial charge in [0.05, 0.1) is 16.2 Å². The van der Waals surface area contributed by atoms with Gasteiger partial charge in [-0.05, 0) is 31.2 Å². The minimum Gasteiger partial charge on any atom is -0.339 e. The number of nitro benzene ring substituents is 1. The SMILES string of the molecule is CCN(c1ccc([N+](=O)[O-])c(C=O)c1)c1ccccc1F. The summed E-state index contributed by atoms with van der Waals surface area (Å²) in [6.45, 7) is 2.28. The second-order valence-electron chi connectivity index (χ2n) is 4.31. The quantitative estimate of drug-likeness (QED) is 0.478. The molecule has 21 heavy (non-hydrogen) atoms. The van der Waals surface area contributed by atoms with Crippen molar-refractivity contribution >= 4 is 23.3 Å². The second kappa shape index (κ2) is 6.13. The summed E-state index contributed by atoms with van der Waals surface area (Å²) in [6.07, 6.45) is 0.427. The van der Waals surface area contributed by atoms with Gasteiger partial charge in [0.25, 0.3) is 5.69 Å². The number of carbonyl (C=O) groups excluding carboxylic acids is 1. The van der Waals surface area contributed by atoms with Crippen molar-refractivity contribution in [1.82, 2.24) is 0 Å². The first-order valence-corrected chi connectivity index (χ1v) is 6.34. The highest BCUT2D eigenvalue weighted by molar-refractivity contribution is 5.84. The zero-order valence-electron chi connectivity index (χ0n) is 11.3. The van der Waals surface area contributed by atoms with Crippen molar-refractivity contribution in [3.05, 3.63) is 64.0 Å². The first-order chi connectivity index (χ1) is 10.1. The van der Waals surface area contributed by atoms with Gasteiger partial charge in [0.2, 0.25) is 0 Å². The Balaban J connectivity index is 2.51. The van der Waals surface area contributed by atoms with Crippen LogP contribution in [0.5, 0.6) is 0 Å². The summed E-state index contributed by atoms with van der Waals surface area (Å²) < 4.78 is 13.9. The number of carbonyl (C=O) groups is 1. The van der Waals surface area contributed by atoms with Crippen molar-refractivity contribution in [3.8, 4) is 0 Å². The number of benzene rings is 2. The normalized spacial score (nSPS) is 10.2. The van der Waals surface area contributed by atoms with E-state index in [1.807, 2.05) is 6.92 Å². The highest BCUT2D eigenvalue weighted by Gasteiger charge is 2.17. The summed E-state index contributed by atoms with van der Waals surface area (Å²) in [5.41, 5.74) is 0.576. The van der Waals surface area contributed by atoms with Gasteiger partial charge in [0, 0.05) is 18.3 Å². The molecule has 0 bridgehead atoms. The van der Waals surface area contributed by atoms with Crippen LogP contribution >= 0.6 is 0 Å². The van der Waals surface area contributed by atoms with Crippen molar-refractivity contribution < 1.29 is 14.1 Å². The maximum Gasteiger partial charge on any atom is 0.280 e. The lowest BCUT2D eigenvalue weighted by Gasteiger charge is -2.23. The van der Waals surface area contributed by atoms with Crippen LogP contribution in [0, 0.1) is 15.9 Å². The Morgan fingerprint density at radius 3 is 2.57 bits per heavy atom. The number of hydrogen-bond donors (Lipinski definition) is 0. The van der Waals surface area contributed by atoms with E-state index in [-0.39, 0.29) is 11.3 Å². The second-order valence-corrected chi connectivity index (χ2v) is 4.31. The number of nitrogens with zero attached hydrogens (tertiary/aromatic N) is 2. The summed E-state index contributed by atoms with van der Waals surface area (Å²) in [5, 5.41) is 10.8. The molecule has 0 spiro atoms. The molecule has 0 saturated carbocycles. The van der Waals surface area contributed by atoms with Crippen LogP contribution in [0.2, 0.25) is 0 Å². The van der Waals surface area contributed by atoms with E-state index in [9.17, 15) is 19.3 Å². The third-order valence-electron chi connectivity index (χ3n) is 3.11. The monoisotopic (exact) mass is 288 g/mol. The Labute approximate surface area is 120 Å². The van der Waals surface area contributed by atoms with Gasteiger partial charge in [-0.2, -0.15) is 0 Å². The van der Waals surface area contributed by atoms with Gasteiger partial charge in [-0.15, -0.1) is 0 Å². The molecule has 108 valence electrons. The van der Waals surface area contributed by atoms with Crippen LogP contribution in [0.25, 0.3) is 0 Å². The van der Waals surface area contributed by atoms with Crippen LogP contribution in [-0.2, 0) is 0 Å². The maximum atomic E-state index is 13.9. The molecular weight excluding hydrogens is 275 g/mol. The Bertz CT molecular complexity index is 688. The Hall–Kier alpha value is -2.76. The van der Waals surface area contributed by atoms with E-state index in [4.69, 9.17) is 0 Å². The number of para-hydroxylation sites is 1. The van der Waals surface area contributed by atoms with Crippen molar-refractivity contribution in [3.63, 3.8) is 0 Å². The molecule has 0 aliphatic heterocycles. The highest BCUT2D eigenvalue weighted by atomic mass is 19.1. The molecule has 0 aliphatic rings. The zero-order chi connectivity index (χ0) is 15.4. The molecule has 0 N–H and O–H groups in total. The molecule has 0 unspecified atom stereocenters. The van der Waals surface area contributed by atoms with Crippen LogP contribution in [0.15, 0.2) is 42.5 Å². The van der Waals surface area contributed by atoms with E-state index < -0.39 is 10.7 Å². The fourth-order valence-corrected chi connectivity index (χ4v) is 2.13. The van der Waals surface area contributed by atoms with Crippen molar-refractivity contribution in [2.24, 2.45) is 0 Å². The molecule has 0 amide bonds. The molecule has 0 fully saturated rings. The lowest BCUT2D eigenvalue weighted by atomic mass is 10.1. The highest BCUT2D eigenvalue weighted by Crippen LogP contribution is 2.30. The molecule has 0 heterocycles. The average Bonchev–Trinajstić information content (AvgIpc) is 2.49. The molecule has 0 radical (unpaired) electrons. The van der Waals surface area contributed by atoms with Crippen LogP contribution in [0.4, 0.5) is 21.5 Å². The summed E-state index contributed by atoms with van der Waals surface area (Å²) in [6, 6.07) is 10.4. The van der Waals surface area contributed by atoms with Crippen LogP contribution in [0.3, 0.4) is 0 Å². The first kappa shape index (κ1) is 14.6. The Morgan fingerprint density at radius 1 is 1.29 bits per heavy atom. The van der Waals surface area contributed by atoms with Gasteiger partial charge >= 0.3 is 0 Å². The topological polar surface area (TPSA) is 63.4 Å². The van der Waals surface area contributed by atoms with Crippen molar-refractivity contribution in [2.45, 2.75) is 6.92 Å². The van der Waals surface area contributed by atoms with E-state index in [1.54, 1.807) is 23.1 Å². The molecule has 2 aromatic carbocycles. The molecule has 0 aromatic heterocycles. The van der Waals surface area contributed by atoms with Crippen molar-refractivity contribution in [2.75, 3.05) is 11.4 Å². The molecule has 6 heteroatoms. The van der Waals surface area contributed by atoms with E-state index in [2.05, 4.69) is 0 Å². The van der Waals surface area contributed by atoms with Gasteiger partial charge in [-0.1, -0.05) is 12.1 Å². The Kier molecular flexibility index (Phi) is 4.27. The largest absolute Gasteiger partial charge is 0.339 e. The maximum absolute atomic E-state index is 13.9. The third-order valence-corrected chi connectivity index (χ3v) is 3.11. The van der Waals surface area contributed by atoms with Gasteiger partial charge in [-0.25, -0.2) is 4.39 Å². The standard InChI is InChI=1S/C15H13FN2O3/c1-2-17(15-6-4-3-5-13(15)16)12-7-8-14(18(20)21)11(9-12)10-19/h3-10H,2H2,1H3. The van der Waals surface area contributed by atoms with Gasteiger partial charge < -0.3 is 4.90 Å². The van der Waals surface area contributed by atoms with Gasteiger partial charge in [0.1, 0.15) is 5.82 Å². The van der Waals surface area contributed by atoms with E-state index in [1.165, 1.54) is 24.3 Å². The number of halogens is 1.